The molecule has 1 fully saturated rings. The maximum absolute atomic E-state index is 12.1. The van der Waals surface area contributed by atoms with E-state index in [1.807, 2.05) is 0 Å². The van der Waals surface area contributed by atoms with Crippen molar-refractivity contribution < 1.29 is 18.0 Å². The number of hydrogen-bond acceptors (Lipinski definition) is 1. The van der Waals surface area contributed by atoms with Gasteiger partial charge in [0, 0.05) is 13.5 Å². The van der Waals surface area contributed by atoms with Crippen molar-refractivity contribution in [1.29, 1.82) is 0 Å². The van der Waals surface area contributed by atoms with Gasteiger partial charge in [-0.1, -0.05) is 0 Å². The Labute approximate surface area is 68.3 Å². The minimum atomic E-state index is -4.30. The molecule has 0 saturated carbocycles. The highest BCUT2D eigenvalue weighted by molar-refractivity contribution is 5.80. The zero-order valence-corrected chi connectivity index (χ0v) is 6.40. The highest BCUT2D eigenvalue weighted by atomic mass is 19.4. The van der Waals surface area contributed by atoms with Crippen molar-refractivity contribution in [1.82, 2.24) is 4.90 Å². The van der Waals surface area contributed by atoms with Crippen molar-refractivity contribution >= 4 is 5.91 Å². The molecule has 2 nitrogen and oxygen atoms in total. The van der Waals surface area contributed by atoms with Gasteiger partial charge in [0.25, 0.3) is 0 Å². The summed E-state index contributed by atoms with van der Waals surface area (Å²) in [5.41, 5.74) is 0. The van der Waals surface area contributed by atoms with Crippen LogP contribution >= 0.6 is 0 Å². The van der Waals surface area contributed by atoms with Crippen LogP contribution in [0.2, 0.25) is 0 Å². The lowest BCUT2D eigenvalue weighted by Gasteiger charge is -2.24. The first-order chi connectivity index (χ1) is 5.43. The van der Waals surface area contributed by atoms with E-state index in [4.69, 9.17) is 0 Å². The van der Waals surface area contributed by atoms with Crippen LogP contribution in [0.25, 0.3) is 0 Å². The van der Waals surface area contributed by atoms with Crippen LogP contribution in [0.15, 0.2) is 0 Å². The summed E-state index contributed by atoms with van der Waals surface area (Å²) in [6, 6.07) is -1.61. The number of likely N-dealkylation sites (tertiary alicyclic amines) is 1. The molecular weight excluding hydrogens is 171 g/mol. The molecule has 0 aromatic rings. The summed E-state index contributed by atoms with van der Waals surface area (Å²) in [7, 11) is 0. The molecule has 0 N–H and O–H groups in total. The zero-order valence-electron chi connectivity index (χ0n) is 6.40. The van der Waals surface area contributed by atoms with Gasteiger partial charge in [0.05, 0.1) is 0 Å². The van der Waals surface area contributed by atoms with Gasteiger partial charge in [-0.05, 0) is 12.8 Å². The third kappa shape index (κ3) is 1.70. The van der Waals surface area contributed by atoms with E-state index in [0.717, 1.165) is 4.90 Å². The van der Waals surface area contributed by atoms with Gasteiger partial charge in [-0.2, -0.15) is 13.2 Å². The molecule has 0 aromatic heterocycles. The predicted molar refractivity (Wildman–Crippen MR) is 36.1 cm³/mol. The summed E-state index contributed by atoms with van der Waals surface area (Å²) >= 11 is 0. The molecule has 0 aliphatic carbocycles. The van der Waals surface area contributed by atoms with Crippen LogP contribution < -0.4 is 0 Å². The molecule has 1 amide bonds. The van der Waals surface area contributed by atoms with Gasteiger partial charge >= 0.3 is 6.18 Å². The second-order valence-corrected chi connectivity index (χ2v) is 2.79. The van der Waals surface area contributed by atoms with E-state index in [0.29, 0.717) is 6.42 Å². The molecule has 1 rings (SSSR count). The van der Waals surface area contributed by atoms with Crippen molar-refractivity contribution in [2.24, 2.45) is 0 Å². The Morgan fingerprint density at radius 1 is 1.50 bits per heavy atom. The summed E-state index contributed by atoms with van der Waals surface area (Å²) in [6.07, 6.45) is -3.89. The molecule has 1 aliphatic heterocycles. The second-order valence-electron chi connectivity index (χ2n) is 2.79. The van der Waals surface area contributed by atoms with Crippen molar-refractivity contribution in [2.45, 2.75) is 25.1 Å². The fourth-order valence-corrected chi connectivity index (χ4v) is 1.41. The quantitative estimate of drug-likeness (QED) is 0.551. The van der Waals surface area contributed by atoms with Crippen molar-refractivity contribution in [3.63, 3.8) is 0 Å². The highest BCUT2D eigenvalue weighted by Gasteiger charge is 2.46. The summed E-state index contributed by atoms with van der Waals surface area (Å²) < 4.78 is 36.4. The van der Waals surface area contributed by atoms with Crippen LogP contribution in [0, 0.1) is 6.92 Å². The molecule has 1 atom stereocenters. The van der Waals surface area contributed by atoms with E-state index in [1.54, 1.807) is 0 Å². The predicted octanol–water partition coefficient (Wildman–Crippen LogP) is 1.37. The van der Waals surface area contributed by atoms with Gasteiger partial charge < -0.3 is 4.90 Å². The second kappa shape index (κ2) is 2.95. The van der Waals surface area contributed by atoms with E-state index >= 15 is 0 Å². The Bertz CT molecular complexity index is 190. The van der Waals surface area contributed by atoms with Gasteiger partial charge in [-0.25, -0.2) is 0 Å². The average molecular weight is 180 g/mol. The fraction of sp³-hybridized carbons (Fsp3) is 0.714. The molecule has 12 heavy (non-hydrogen) atoms. The van der Waals surface area contributed by atoms with Crippen LogP contribution in [0.1, 0.15) is 12.8 Å². The molecule has 1 heterocycles. The van der Waals surface area contributed by atoms with E-state index in [2.05, 4.69) is 6.92 Å². The molecule has 0 aromatic carbocycles. The normalized spacial score (nSPS) is 24.7. The first kappa shape index (κ1) is 9.35. The lowest BCUT2D eigenvalue weighted by molar-refractivity contribution is -0.180. The van der Waals surface area contributed by atoms with Gasteiger partial charge in [0.15, 0.2) is 0 Å². The number of rotatable bonds is 0. The fourth-order valence-electron chi connectivity index (χ4n) is 1.41. The summed E-state index contributed by atoms with van der Waals surface area (Å²) in [6.45, 7) is 3.14. The zero-order chi connectivity index (χ0) is 9.35. The van der Waals surface area contributed by atoms with Crippen LogP contribution in [0.4, 0.5) is 13.2 Å². The maximum atomic E-state index is 12.1. The van der Waals surface area contributed by atoms with Crippen molar-refractivity contribution in [3.05, 3.63) is 6.92 Å². The number of nitrogens with zero attached hydrogens (tertiary/aromatic N) is 1. The smallest absolute Gasteiger partial charge is 0.331 e. The number of halogens is 3. The molecule has 1 aliphatic rings. The standard InChI is InChI=1S/C7H9F3NO/c1-5(12)11-4-2-3-6(11)7(8,9)10/h6H,1-4H2/t6-/m0/s1. The lowest BCUT2D eigenvalue weighted by Crippen LogP contribution is -2.43. The SMILES string of the molecule is [CH2]C(=O)N1CCC[C@H]1C(F)(F)F. The van der Waals surface area contributed by atoms with E-state index < -0.39 is 18.1 Å². The van der Waals surface area contributed by atoms with Crippen molar-refractivity contribution in [3.8, 4) is 0 Å². The Balaban J connectivity index is 2.71. The third-order valence-electron chi connectivity index (χ3n) is 1.95. The van der Waals surface area contributed by atoms with Crippen LogP contribution in [-0.2, 0) is 4.79 Å². The first-order valence-corrected chi connectivity index (χ1v) is 3.62. The van der Waals surface area contributed by atoms with Gasteiger partial charge in [-0.15, -0.1) is 0 Å². The van der Waals surface area contributed by atoms with Crippen LogP contribution in [0.5, 0.6) is 0 Å². The molecule has 0 unspecified atom stereocenters. The average Bonchev–Trinajstić information content (AvgIpc) is 2.30. The molecule has 69 valence electrons. The minimum Gasteiger partial charge on any atom is -0.331 e. The summed E-state index contributed by atoms with van der Waals surface area (Å²) in [5.74, 6) is -0.741. The molecule has 1 saturated heterocycles. The summed E-state index contributed by atoms with van der Waals surface area (Å²) in [5, 5.41) is 0. The van der Waals surface area contributed by atoms with E-state index in [-0.39, 0.29) is 13.0 Å². The highest BCUT2D eigenvalue weighted by Crippen LogP contribution is 2.32. The lowest BCUT2D eigenvalue weighted by atomic mass is 10.2. The number of alkyl halides is 3. The molecule has 5 heteroatoms. The number of carbonyl (C=O) groups excluding carboxylic acids is 1. The molecule has 0 spiro atoms. The molecule has 0 bridgehead atoms. The van der Waals surface area contributed by atoms with Crippen molar-refractivity contribution in [2.75, 3.05) is 6.54 Å². The van der Waals surface area contributed by atoms with Gasteiger partial charge in [0.1, 0.15) is 6.04 Å². The Kier molecular flexibility index (Phi) is 2.30. The molecular formula is C7H9F3NO. The molecule has 1 radical (unpaired) electrons. The van der Waals surface area contributed by atoms with Gasteiger partial charge in [-0.3, -0.25) is 4.79 Å². The monoisotopic (exact) mass is 180 g/mol. The van der Waals surface area contributed by atoms with Crippen LogP contribution in [0.3, 0.4) is 0 Å². The largest absolute Gasteiger partial charge is 0.408 e. The topological polar surface area (TPSA) is 20.3 Å². The summed E-state index contributed by atoms with van der Waals surface area (Å²) in [4.78, 5) is 11.4. The Morgan fingerprint density at radius 2 is 2.08 bits per heavy atom. The number of amides is 1. The number of carbonyl (C=O) groups is 1. The Hall–Kier alpha value is -0.740. The first-order valence-electron chi connectivity index (χ1n) is 3.62. The minimum absolute atomic E-state index is 0.00472. The Morgan fingerprint density at radius 3 is 2.42 bits per heavy atom. The van der Waals surface area contributed by atoms with E-state index in [9.17, 15) is 18.0 Å². The third-order valence-corrected chi connectivity index (χ3v) is 1.95. The maximum Gasteiger partial charge on any atom is 0.408 e. The van der Waals surface area contributed by atoms with Gasteiger partial charge in [0.2, 0.25) is 5.91 Å². The number of hydrogen-bond donors (Lipinski definition) is 0. The van der Waals surface area contributed by atoms with E-state index in [1.165, 1.54) is 0 Å². The van der Waals surface area contributed by atoms with Crippen LogP contribution in [-0.4, -0.2) is 29.6 Å².